The van der Waals surface area contributed by atoms with Crippen LogP contribution in [0.4, 0.5) is 0 Å². The van der Waals surface area contributed by atoms with Crippen LogP contribution < -0.4 is 0 Å². The fraction of sp³-hybridized carbons (Fsp3) is 0.500. The van der Waals surface area contributed by atoms with Crippen molar-refractivity contribution in [3.63, 3.8) is 0 Å². The summed E-state index contributed by atoms with van der Waals surface area (Å²) >= 11 is 0. The molecule has 7 heteroatoms. The SMILES string of the molecule is CCOC(=O)C1CCN(C(=O)c2ccc3c(c2)nnn3C)CC1. The fourth-order valence-electron chi connectivity index (χ4n) is 2.93. The van der Waals surface area contributed by atoms with E-state index < -0.39 is 0 Å². The van der Waals surface area contributed by atoms with Gasteiger partial charge in [-0.3, -0.25) is 9.59 Å². The number of esters is 1. The summed E-state index contributed by atoms with van der Waals surface area (Å²) in [5, 5.41) is 7.99. The highest BCUT2D eigenvalue weighted by molar-refractivity contribution is 5.97. The minimum Gasteiger partial charge on any atom is -0.466 e. The van der Waals surface area contributed by atoms with E-state index in [4.69, 9.17) is 4.74 Å². The van der Waals surface area contributed by atoms with E-state index in [9.17, 15) is 9.59 Å². The van der Waals surface area contributed by atoms with Crippen LogP contribution in [0.3, 0.4) is 0 Å². The van der Waals surface area contributed by atoms with Gasteiger partial charge < -0.3 is 9.64 Å². The normalized spacial score (nSPS) is 15.8. The van der Waals surface area contributed by atoms with Crippen LogP contribution in [0.25, 0.3) is 11.0 Å². The van der Waals surface area contributed by atoms with Crippen molar-refractivity contribution in [1.82, 2.24) is 19.9 Å². The number of piperidine rings is 1. The third kappa shape index (κ3) is 3.04. The van der Waals surface area contributed by atoms with Crippen molar-refractivity contribution in [2.24, 2.45) is 13.0 Å². The lowest BCUT2D eigenvalue weighted by Gasteiger charge is -2.30. The predicted octanol–water partition coefficient (Wildman–Crippen LogP) is 1.38. The minimum atomic E-state index is -0.152. The standard InChI is InChI=1S/C16H20N4O3/c1-3-23-16(22)11-6-8-20(9-7-11)15(21)12-4-5-14-13(10-12)17-18-19(14)2/h4-5,10-11H,3,6-9H2,1-2H3. The van der Waals surface area contributed by atoms with Gasteiger partial charge in [-0.1, -0.05) is 5.21 Å². The maximum atomic E-state index is 12.6. The highest BCUT2D eigenvalue weighted by Gasteiger charge is 2.28. The number of aryl methyl sites for hydroxylation is 1. The summed E-state index contributed by atoms with van der Waals surface area (Å²) in [5.74, 6) is -0.276. The first-order chi connectivity index (χ1) is 11.1. The molecule has 1 amide bonds. The molecule has 0 saturated carbocycles. The first kappa shape index (κ1) is 15.5. The van der Waals surface area contributed by atoms with Gasteiger partial charge in [0.05, 0.1) is 18.0 Å². The molecule has 2 heterocycles. The van der Waals surface area contributed by atoms with E-state index in [0.717, 1.165) is 5.52 Å². The number of amides is 1. The van der Waals surface area contributed by atoms with E-state index in [1.807, 2.05) is 13.1 Å². The van der Waals surface area contributed by atoms with Crippen LogP contribution in [0, 0.1) is 5.92 Å². The van der Waals surface area contributed by atoms with Crippen LogP contribution in [0.15, 0.2) is 18.2 Å². The Morgan fingerprint density at radius 3 is 2.74 bits per heavy atom. The Bertz CT molecular complexity index is 732. The lowest BCUT2D eigenvalue weighted by Crippen LogP contribution is -2.40. The molecule has 1 aliphatic heterocycles. The highest BCUT2D eigenvalue weighted by atomic mass is 16.5. The Labute approximate surface area is 134 Å². The molecule has 1 fully saturated rings. The number of aromatic nitrogens is 3. The van der Waals surface area contributed by atoms with Crippen molar-refractivity contribution in [2.45, 2.75) is 19.8 Å². The number of fused-ring (bicyclic) bond motifs is 1. The molecule has 23 heavy (non-hydrogen) atoms. The molecule has 0 N–H and O–H groups in total. The number of carbonyl (C=O) groups excluding carboxylic acids is 2. The van der Waals surface area contributed by atoms with Crippen molar-refractivity contribution in [1.29, 1.82) is 0 Å². The van der Waals surface area contributed by atoms with Gasteiger partial charge in [-0.25, -0.2) is 4.68 Å². The molecule has 7 nitrogen and oxygen atoms in total. The van der Waals surface area contributed by atoms with Crippen molar-refractivity contribution in [3.8, 4) is 0 Å². The average molecular weight is 316 g/mol. The molecule has 1 saturated heterocycles. The Morgan fingerprint density at radius 1 is 1.30 bits per heavy atom. The monoisotopic (exact) mass is 316 g/mol. The number of ether oxygens (including phenoxy) is 1. The molecule has 1 aliphatic rings. The van der Waals surface area contributed by atoms with Gasteiger partial charge >= 0.3 is 5.97 Å². The molecule has 1 aromatic carbocycles. The first-order valence-electron chi connectivity index (χ1n) is 7.85. The van der Waals surface area contributed by atoms with Gasteiger partial charge in [0, 0.05) is 25.7 Å². The van der Waals surface area contributed by atoms with Crippen LogP contribution in [-0.4, -0.2) is 51.5 Å². The third-order valence-corrected chi connectivity index (χ3v) is 4.26. The quantitative estimate of drug-likeness (QED) is 0.800. The van der Waals surface area contributed by atoms with E-state index in [1.165, 1.54) is 0 Å². The summed E-state index contributed by atoms with van der Waals surface area (Å²) in [6, 6.07) is 5.42. The number of nitrogens with zero attached hydrogens (tertiary/aromatic N) is 4. The topological polar surface area (TPSA) is 77.3 Å². The summed E-state index contributed by atoms with van der Waals surface area (Å²) in [6.45, 7) is 3.34. The smallest absolute Gasteiger partial charge is 0.309 e. The molecule has 0 bridgehead atoms. The van der Waals surface area contributed by atoms with E-state index in [2.05, 4.69) is 10.3 Å². The summed E-state index contributed by atoms with van der Waals surface area (Å²) in [4.78, 5) is 26.1. The second kappa shape index (κ2) is 6.36. The van der Waals surface area contributed by atoms with Crippen molar-refractivity contribution in [3.05, 3.63) is 23.8 Å². The molecule has 0 unspecified atom stereocenters. The number of benzene rings is 1. The zero-order valence-electron chi connectivity index (χ0n) is 13.4. The lowest BCUT2D eigenvalue weighted by atomic mass is 9.96. The highest BCUT2D eigenvalue weighted by Crippen LogP contribution is 2.21. The van der Waals surface area contributed by atoms with Gasteiger partial charge in [0.1, 0.15) is 5.52 Å². The van der Waals surface area contributed by atoms with E-state index in [-0.39, 0.29) is 17.8 Å². The maximum Gasteiger partial charge on any atom is 0.309 e. The van der Waals surface area contributed by atoms with Gasteiger partial charge in [0.15, 0.2) is 0 Å². The number of hydrogen-bond donors (Lipinski definition) is 0. The molecular formula is C16H20N4O3. The Balaban J connectivity index is 1.67. The molecule has 0 atom stereocenters. The number of hydrogen-bond acceptors (Lipinski definition) is 5. The Kier molecular flexibility index (Phi) is 4.27. The predicted molar refractivity (Wildman–Crippen MR) is 83.8 cm³/mol. The van der Waals surface area contributed by atoms with E-state index >= 15 is 0 Å². The summed E-state index contributed by atoms with van der Waals surface area (Å²) in [7, 11) is 1.82. The zero-order chi connectivity index (χ0) is 16.4. The van der Waals surface area contributed by atoms with Gasteiger partial charge in [-0.2, -0.15) is 0 Å². The lowest BCUT2D eigenvalue weighted by molar-refractivity contribution is -0.149. The Morgan fingerprint density at radius 2 is 2.04 bits per heavy atom. The van der Waals surface area contributed by atoms with Crippen molar-refractivity contribution < 1.29 is 14.3 Å². The Hall–Kier alpha value is -2.44. The molecule has 122 valence electrons. The van der Waals surface area contributed by atoms with Crippen LogP contribution in [0.5, 0.6) is 0 Å². The van der Waals surface area contributed by atoms with Crippen molar-refractivity contribution >= 4 is 22.9 Å². The average Bonchev–Trinajstić information content (AvgIpc) is 2.95. The molecule has 2 aromatic rings. The van der Waals surface area contributed by atoms with Gasteiger partial charge in [-0.05, 0) is 38.0 Å². The third-order valence-electron chi connectivity index (χ3n) is 4.26. The zero-order valence-corrected chi connectivity index (χ0v) is 13.4. The van der Waals surface area contributed by atoms with Crippen LogP contribution in [0.1, 0.15) is 30.1 Å². The summed E-state index contributed by atoms with van der Waals surface area (Å²) < 4.78 is 6.73. The molecule has 0 radical (unpaired) electrons. The molecule has 0 spiro atoms. The van der Waals surface area contributed by atoms with Crippen LogP contribution in [0.2, 0.25) is 0 Å². The van der Waals surface area contributed by atoms with Crippen molar-refractivity contribution in [2.75, 3.05) is 19.7 Å². The second-order valence-electron chi connectivity index (χ2n) is 5.74. The molecule has 3 rings (SSSR count). The molecule has 0 aliphatic carbocycles. The second-order valence-corrected chi connectivity index (χ2v) is 5.74. The van der Waals surface area contributed by atoms with E-state index in [0.29, 0.717) is 43.6 Å². The van der Waals surface area contributed by atoms with Gasteiger partial charge in [0.2, 0.25) is 0 Å². The number of likely N-dealkylation sites (tertiary alicyclic amines) is 1. The summed E-state index contributed by atoms with van der Waals surface area (Å²) in [5.41, 5.74) is 2.20. The molecule has 1 aromatic heterocycles. The minimum absolute atomic E-state index is 0.0279. The van der Waals surface area contributed by atoms with Gasteiger partial charge in [-0.15, -0.1) is 5.10 Å². The van der Waals surface area contributed by atoms with Crippen LogP contribution in [-0.2, 0) is 16.6 Å². The van der Waals surface area contributed by atoms with E-state index in [1.54, 1.807) is 28.6 Å². The van der Waals surface area contributed by atoms with Crippen LogP contribution >= 0.6 is 0 Å². The summed E-state index contributed by atoms with van der Waals surface area (Å²) in [6.07, 6.45) is 1.30. The first-order valence-corrected chi connectivity index (χ1v) is 7.85. The fourth-order valence-corrected chi connectivity index (χ4v) is 2.93. The largest absolute Gasteiger partial charge is 0.466 e. The number of rotatable bonds is 3. The maximum absolute atomic E-state index is 12.6. The van der Waals surface area contributed by atoms with Gasteiger partial charge in [0.25, 0.3) is 5.91 Å². The number of carbonyl (C=O) groups is 2. The molecular weight excluding hydrogens is 296 g/mol.